The lowest BCUT2D eigenvalue weighted by Gasteiger charge is -2.08. The van der Waals surface area contributed by atoms with Crippen LogP contribution in [-0.2, 0) is 14.3 Å². The van der Waals surface area contributed by atoms with Gasteiger partial charge >= 0.3 is 11.9 Å². The van der Waals surface area contributed by atoms with Crippen LogP contribution in [0.2, 0.25) is 15.1 Å². The summed E-state index contributed by atoms with van der Waals surface area (Å²) >= 11 is 17.6. The van der Waals surface area contributed by atoms with Crippen LogP contribution in [0.3, 0.4) is 0 Å². The standard InChI is InChI=1S/C16H19Cl3O4/c1-2-3-8-22-15(20)6-4-5-7-16(21)23-14-10-12(18)11(17)9-13(14)19/h9-10H,2-8H2,1H3. The molecular weight excluding hydrogens is 363 g/mol. The van der Waals surface area contributed by atoms with E-state index in [1.54, 1.807) is 0 Å². The Labute approximate surface area is 151 Å². The van der Waals surface area contributed by atoms with Crippen LogP contribution in [0.25, 0.3) is 0 Å². The van der Waals surface area contributed by atoms with Crippen molar-refractivity contribution in [2.24, 2.45) is 0 Å². The molecule has 0 radical (unpaired) electrons. The van der Waals surface area contributed by atoms with Gasteiger partial charge in [-0.05, 0) is 25.3 Å². The minimum atomic E-state index is -0.440. The number of carbonyl (C=O) groups is 2. The number of hydrogen-bond acceptors (Lipinski definition) is 4. The van der Waals surface area contributed by atoms with Crippen molar-refractivity contribution < 1.29 is 19.1 Å². The fraction of sp³-hybridized carbons (Fsp3) is 0.500. The Morgan fingerprint density at radius 2 is 1.52 bits per heavy atom. The maximum absolute atomic E-state index is 11.7. The average molecular weight is 382 g/mol. The van der Waals surface area contributed by atoms with Crippen LogP contribution in [0.15, 0.2) is 12.1 Å². The monoisotopic (exact) mass is 380 g/mol. The molecule has 128 valence electrons. The Morgan fingerprint density at radius 1 is 0.913 bits per heavy atom. The molecule has 0 spiro atoms. The first-order chi connectivity index (χ1) is 10.9. The fourth-order valence-corrected chi connectivity index (χ4v) is 2.27. The van der Waals surface area contributed by atoms with Gasteiger partial charge in [0.2, 0.25) is 0 Å². The first-order valence-electron chi connectivity index (χ1n) is 7.45. The van der Waals surface area contributed by atoms with Gasteiger partial charge in [0.15, 0.2) is 5.75 Å². The van der Waals surface area contributed by atoms with Crippen LogP contribution in [0.5, 0.6) is 5.75 Å². The number of benzene rings is 1. The van der Waals surface area contributed by atoms with Crippen molar-refractivity contribution in [1.29, 1.82) is 0 Å². The molecule has 7 heteroatoms. The summed E-state index contributed by atoms with van der Waals surface area (Å²) in [6.07, 6.45) is 3.41. The van der Waals surface area contributed by atoms with E-state index in [2.05, 4.69) is 0 Å². The molecule has 4 nitrogen and oxygen atoms in total. The highest BCUT2D eigenvalue weighted by molar-refractivity contribution is 6.43. The van der Waals surface area contributed by atoms with Crippen LogP contribution < -0.4 is 4.74 Å². The molecule has 0 aliphatic rings. The first-order valence-corrected chi connectivity index (χ1v) is 8.58. The molecule has 1 aromatic rings. The third-order valence-corrected chi connectivity index (χ3v) is 3.99. The lowest BCUT2D eigenvalue weighted by molar-refractivity contribution is -0.144. The van der Waals surface area contributed by atoms with Crippen LogP contribution in [0.1, 0.15) is 45.4 Å². The minimum absolute atomic E-state index is 0.171. The van der Waals surface area contributed by atoms with Crippen molar-refractivity contribution in [3.05, 3.63) is 27.2 Å². The molecule has 0 amide bonds. The van der Waals surface area contributed by atoms with E-state index in [-0.39, 0.29) is 33.2 Å². The fourth-order valence-electron chi connectivity index (χ4n) is 1.70. The summed E-state index contributed by atoms with van der Waals surface area (Å²) in [4.78, 5) is 23.1. The zero-order valence-corrected chi connectivity index (χ0v) is 15.1. The minimum Gasteiger partial charge on any atom is -0.466 e. The van der Waals surface area contributed by atoms with Gasteiger partial charge in [0.25, 0.3) is 0 Å². The molecule has 0 N–H and O–H groups in total. The highest BCUT2D eigenvalue weighted by Gasteiger charge is 2.12. The number of hydrogen-bond donors (Lipinski definition) is 0. The van der Waals surface area contributed by atoms with E-state index in [0.717, 1.165) is 12.8 Å². The van der Waals surface area contributed by atoms with E-state index in [9.17, 15) is 9.59 Å². The van der Waals surface area contributed by atoms with Crippen LogP contribution in [-0.4, -0.2) is 18.5 Å². The molecular formula is C16H19Cl3O4. The number of rotatable bonds is 9. The summed E-state index contributed by atoms with van der Waals surface area (Å²) in [5.41, 5.74) is 0. The average Bonchev–Trinajstić information content (AvgIpc) is 2.49. The summed E-state index contributed by atoms with van der Waals surface area (Å²) < 4.78 is 10.2. The number of carbonyl (C=O) groups excluding carboxylic acids is 2. The lowest BCUT2D eigenvalue weighted by atomic mass is 10.2. The molecule has 1 rings (SSSR count). The summed E-state index contributed by atoms with van der Waals surface area (Å²) in [5.74, 6) is -0.506. The van der Waals surface area contributed by atoms with Gasteiger partial charge in [0.1, 0.15) is 0 Å². The third kappa shape index (κ3) is 7.91. The molecule has 0 bridgehead atoms. The SMILES string of the molecule is CCCCOC(=O)CCCCC(=O)Oc1cc(Cl)c(Cl)cc1Cl. The zero-order valence-electron chi connectivity index (χ0n) is 12.9. The van der Waals surface area contributed by atoms with E-state index >= 15 is 0 Å². The first kappa shape index (κ1) is 20.1. The Morgan fingerprint density at radius 3 is 2.17 bits per heavy atom. The van der Waals surface area contributed by atoms with Crippen molar-refractivity contribution in [2.45, 2.75) is 45.4 Å². The Bertz CT molecular complexity index is 546. The molecule has 23 heavy (non-hydrogen) atoms. The Hall–Kier alpha value is -0.970. The largest absolute Gasteiger partial charge is 0.466 e. The summed E-state index contributed by atoms with van der Waals surface area (Å²) in [6.45, 7) is 2.48. The van der Waals surface area contributed by atoms with Gasteiger partial charge in [-0.3, -0.25) is 9.59 Å². The van der Waals surface area contributed by atoms with Gasteiger partial charge in [0, 0.05) is 18.9 Å². The maximum atomic E-state index is 11.7. The number of ether oxygens (including phenoxy) is 2. The van der Waals surface area contributed by atoms with Gasteiger partial charge in [-0.2, -0.15) is 0 Å². The Balaban J connectivity index is 2.27. The second-order valence-electron chi connectivity index (χ2n) is 4.95. The van der Waals surface area contributed by atoms with Gasteiger partial charge in [-0.1, -0.05) is 48.1 Å². The Kier molecular flexibility index (Phi) is 9.37. The quantitative estimate of drug-likeness (QED) is 0.247. The van der Waals surface area contributed by atoms with Crippen molar-refractivity contribution in [3.8, 4) is 5.75 Å². The molecule has 0 unspecified atom stereocenters. The van der Waals surface area contributed by atoms with Gasteiger partial charge in [0.05, 0.1) is 21.7 Å². The zero-order chi connectivity index (χ0) is 17.2. The molecule has 0 aromatic heterocycles. The topological polar surface area (TPSA) is 52.6 Å². The summed E-state index contributed by atoms with van der Waals surface area (Å²) in [7, 11) is 0. The molecule has 0 aliphatic heterocycles. The molecule has 0 heterocycles. The van der Waals surface area contributed by atoms with E-state index in [4.69, 9.17) is 44.3 Å². The normalized spacial score (nSPS) is 10.4. The smallest absolute Gasteiger partial charge is 0.311 e. The van der Waals surface area contributed by atoms with Crippen molar-refractivity contribution in [3.63, 3.8) is 0 Å². The second kappa shape index (κ2) is 10.7. The second-order valence-corrected chi connectivity index (χ2v) is 6.17. The van der Waals surface area contributed by atoms with Crippen molar-refractivity contribution in [2.75, 3.05) is 6.61 Å². The molecule has 1 aromatic carbocycles. The van der Waals surface area contributed by atoms with E-state index in [0.29, 0.717) is 25.9 Å². The van der Waals surface area contributed by atoms with Gasteiger partial charge < -0.3 is 9.47 Å². The van der Waals surface area contributed by atoms with Crippen molar-refractivity contribution in [1.82, 2.24) is 0 Å². The molecule has 0 fully saturated rings. The van der Waals surface area contributed by atoms with Gasteiger partial charge in [-0.25, -0.2) is 0 Å². The third-order valence-electron chi connectivity index (χ3n) is 2.97. The van der Waals surface area contributed by atoms with Crippen LogP contribution in [0, 0.1) is 0 Å². The lowest BCUT2D eigenvalue weighted by Crippen LogP contribution is -2.09. The van der Waals surface area contributed by atoms with Crippen LogP contribution in [0.4, 0.5) is 0 Å². The van der Waals surface area contributed by atoms with Gasteiger partial charge in [-0.15, -0.1) is 0 Å². The summed E-state index contributed by atoms with van der Waals surface area (Å²) in [5, 5.41) is 0.763. The van der Waals surface area contributed by atoms with Crippen LogP contribution >= 0.6 is 34.8 Å². The predicted octanol–water partition coefficient (Wildman–Crippen LogP) is 5.46. The highest BCUT2D eigenvalue weighted by atomic mass is 35.5. The number of unbranched alkanes of at least 4 members (excludes halogenated alkanes) is 2. The maximum Gasteiger partial charge on any atom is 0.311 e. The predicted molar refractivity (Wildman–Crippen MR) is 91.4 cm³/mol. The number of esters is 2. The molecule has 0 atom stereocenters. The summed E-state index contributed by atoms with van der Waals surface area (Å²) in [6, 6.07) is 2.82. The highest BCUT2D eigenvalue weighted by Crippen LogP contribution is 2.34. The molecule has 0 saturated carbocycles. The van der Waals surface area contributed by atoms with Crippen molar-refractivity contribution >= 4 is 46.7 Å². The van der Waals surface area contributed by atoms with E-state index < -0.39 is 5.97 Å². The number of halogens is 3. The van der Waals surface area contributed by atoms with E-state index in [1.807, 2.05) is 6.92 Å². The molecule has 0 aliphatic carbocycles. The van der Waals surface area contributed by atoms with E-state index in [1.165, 1.54) is 12.1 Å². The molecule has 0 saturated heterocycles.